The van der Waals surface area contributed by atoms with Crippen LogP contribution in [0.25, 0.3) is 28.2 Å². The van der Waals surface area contributed by atoms with Crippen LogP contribution in [0.5, 0.6) is 5.75 Å². The highest BCUT2D eigenvalue weighted by Crippen LogP contribution is 2.22. The molecule has 3 heterocycles. The molecule has 1 aliphatic heterocycles. The lowest BCUT2D eigenvalue weighted by molar-refractivity contribution is 0.287. The van der Waals surface area contributed by atoms with Crippen molar-refractivity contribution in [2.45, 2.75) is 12.5 Å². The van der Waals surface area contributed by atoms with Gasteiger partial charge in [-0.1, -0.05) is 30.3 Å². The molecule has 0 amide bonds. The largest absolute Gasteiger partial charge is 0.490 e. The van der Waals surface area contributed by atoms with E-state index in [9.17, 15) is 0 Å². The van der Waals surface area contributed by atoms with Gasteiger partial charge in [0.05, 0.1) is 11.6 Å². The molecule has 6 heteroatoms. The molecule has 0 fully saturated rings. The van der Waals surface area contributed by atoms with Gasteiger partial charge in [-0.05, 0) is 35.7 Å². The third kappa shape index (κ3) is 4.15. The Morgan fingerprint density at radius 1 is 1.13 bits per heavy atom. The molecule has 1 aliphatic rings. The quantitative estimate of drug-likeness (QED) is 0.511. The van der Waals surface area contributed by atoms with E-state index >= 15 is 0 Å². The Morgan fingerprint density at radius 2 is 2.03 bits per heavy atom. The molecule has 1 atom stereocenters. The first-order chi connectivity index (χ1) is 15.2. The minimum atomic E-state index is -0.113. The molecular formula is C25H25N5O. The van der Waals surface area contributed by atoms with Crippen LogP contribution in [0.15, 0.2) is 72.1 Å². The molecule has 3 N–H and O–H groups in total. The lowest BCUT2D eigenvalue weighted by atomic mass is 10.1. The van der Waals surface area contributed by atoms with Crippen LogP contribution in [-0.4, -0.2) is 41.2 Å². The highest BCUT2D eigenvalue weighted by atomic mass is 16.5. The minimum absolute atomic E-state index is 0.113. The highest BCUT2D eigenvalue weighted by Gasteiger charge is 2.10. The van der Waals surface area contributed by atoms with Crippen LogP contribution in [0.4, 0.5) is 0 Å². The van der Waals surface area contributed by atoms with E-state index in [0.29, 0.717) is 19.0 Å². The van der Waals surface area contributed by atoms with Crippen LogP contribution in [0.1, 0.15) is 5.56 Å². The summed E-state index contributed by atoms with van der Waals surface area (Å²) in [5, 5.41) is 3.34. The van der Waals surface area contributed by atoms with Gasteiger partial charge in [-0.3, -0.25) is 9.98 Å². The van der Waals surface area contributed by atoms with Gasteiger partial charge >= 0.3 is 0 Å². The molecule has 2 aromatic carbocycles. The molecule has 5 rings (SSSR count). The molecule has 31 heavy (non-hydrogen) atoms. The number of nitrogens with zero attached hydrogens (tertiary/aromatic N) is 3. The average Bonchev–Trinajstić information content (AvgIpc) is 3.20. The van der Waals surface area contributed by atoms with Crippen LogP contribution < -0.4 is 21.0 Å². The van der Waals surface area contributed by atoms with E-state index < -0.39 is 0 Å². The van der Waals surface area contributed by atoms with E-state index in [2.05, 4.69) is 56.4 Å². The number of aromatic nitrogens is 2. The lowest BCUT2D eigenvalue weighted by Gasteiger charge is -2.15. The molecular weight excluding hydrogens is 386 g/mol. The normalized spacial score (nSPS) is 13.9. The maximum Gasteiger partial charge on any atom is 0.138 e. The Hall–Kier alpha value is -3.64. The zero-order chi connectivity index (χ0) is 21.2. The Labute approximate surface area is 180 Å². The van der Waals surface area contributed by atoms with E-state index in [-0.39, 0.29) is 6.04 Å². The van der Waals surface area contributed by atoms with Crippen molar-refractivity contribution in [1.29, 1.82) is 0 Å². The molecule has 2 aromatic heterocycles. The summed E-state index contributed by atoms with van der Waals surface area (Å²) < 4.78 is 5.98. The molecule has 0 saturated carbocycles. The highest BCUT2D eigenvalue weighted by molar-refractivity contribution is 5.83. The second kappa shape index (κ2) is 8.24. The van der Waals surface area contributed by atoms with Crippen LogP contribution in [-0.2, 0) is 6.42 Å². The Bertz CT molecular complexity index is 1340. The average molecular weight is 412 g/mol. The predicted octanol–water partition coefficient (Wildman–Crippen LogP) is 2.44. The first-order valence-electron chi connectivity index (χ1n) is 10.4. The molecule has 0 radical (unpaired) electrons. The van der Waals surface area contributed by atoms with Gasteiger partial charge in [0.2, 0.25) is 0 Å². The van der Waals surface area contributed by atoms with Gasteiger partial charge in [0.1, 0.15) is 19.0 Å². The Balaban J connectivity index is 1.28. The van der Waals surface area contributed by atoms with Gasteiger partial charge in [-0.25, -0.2) is 0 Å². The van der Waals surface area contributed by atoms with Crippen molar-refractivity contribution in [3.63, 3.8) is 0 Å². The smallest absolute Gasteiger partial charge is 0.138 e. The molecule has 0 aliphatic carbocycles. The zero-order valence-corrected chi connectivity index (χ0v) is 17.5. The molecule has 156 valence electrons. The van der Waals surface area contributed by atoms with Gasteiger partial charge in [-0.15, -0.1) is 0 Å². The molecule has 4 aromatic rings. The van der Waals surface area contributed by atoms with Crippen molar-refractivity contribution >= 4 is 17.1 Å². The van der Waals surface area contributed by atoms with Crippen LogP contribution in [0.3, 0.4) is 0 Å². The van der Waals surface area contributed by atoms with Gasteiger partial charge in [0.25, 0.3) is 0 Å². The van der Waals surface area contributed by atoms with Crippen molar-refractivity contribution in [3.05, 3.63) is 83.3 Å². The number of H-pyrrole nitrogens is 1. The van der Waals surface area contributed by atoms with Crippen molar-refractivity contribution in [2.75, 3.05) is 20.3 Å². The summed E-state index contributed by atoms with van der Waals surface area (Å²) in [7, 11) is 2.02. The topological polar surface area (TPSA) is 79.5 Å². The fraction of sp³-hybridized carbons (Fsp3) is 0.200. The number of pyridine rings is 1. The Morgan fingerprint density at radius 3 is 2.97 bits per heavy atom. The number of hydrogen-bond donors (Lipinski definition) is 2. The minimum Gasteiger partial charge on any atom is -0.490 e. The number of hydrogen-bond acceptors (Lipinski definition) is 5. The second-order valence-corrected chi connectivity index (χ2v) is 8.00. The van der Waals surface area contributed by atoms with Gasteiger partial charge in [0.15, 0.2) is 0 Å². The summed E-state index contributed by atoms with van der Waals surface area (Å²) in [6.45, 7) is 1.09. The molecule has 0 spiro atoms. The number of benzene rings is 2. The van der Waals surface area contributed by atoms with Crippen molar-refractivity contribution < 1.29 is 4.74 Å². The van der Waals surface area contributed by atoms with Crippen molar-refractivity contribution in [1.82, 2.24) is 14.9 Å². The standard InChI is InChI=1S/C25H25N5O/c1-30-14-18-7-6-17(10-25(18)29-16-30)19-9-22(13-27-11-19)31-15-21(26)8-20-12-28-24-5-3-2-4-23(20)24/h2-7,9-14,21,28H,8,15-16,26H2,1H3/t21-/m0/s1. The van der Waals surface area contributed by atoms with Gasteiger partial charge in [0, 0.05) is 53.4 Å². The first kappa shape index (κ1) is 19.3. The number of ether oxygens (including phenoxy) is 1. The summed E-state index contributed by atoms with van der Waals surface area (Å²) >= 11 is 0. The van der Waals surface area contributed by atoms with Crippen molar-refractivity contribution in [3.8, 4) is 16.9 Å². The molecule has 0 unspecified atom stereocenters. The SMILES string of the molecule is CN1C=c2ccc(-c3cncc(OC[C@@H](N)Cc4c[nH]c5ccccc45)c3)cc2=NC1. The van der Waals surface area contributed by atoms with E-state index in [1.165, 1.54) is 10.9 Å². The number of rotatable bonds is 6. The molecule has 6 nitrogen and oxygen atoms in total. The van der Waals surface area contributed by atoms with Crippen LogP contribution in [0.2, 0.25) is 0 Å². The first-order valence-corrected chi connectivity index (χ1v) is 10.4. The number of para-hydroxylation sites is 1. The Kier molecular flexibility index (Phi) is 5.14. The lowest BCUT2D eigenvalue weighted by Crippen LogP contribution is -2.34. The molecule has 0 saturated heterocycles. The van der Waals surface area contributed by atoms with Crippen molar-refractivity contribution in [2.24, 2.45) is 10.7 Å². The number of aromatic amines is 1. The predicted molar refractivity (Wildman–Crippen MR) is 123 cm³/mol. The maximum absolute atomic E-state index is 6.36. The second-order valence-electron chi connectivity index (χ2n) is 8.00. The van der Waals surface area contributed by atoms with Crippen LogP contribution >= 0.6 is 0 Å². The molecule has 0 bridgehead atoms. The van der Waals surface area contributed by atoms with E-state index in [1.807, 2.05) is 37.6 Å². The maximum atomic E-state index is 6.36. The van der Waals surface area contributed by atoms with E-state index in [4.69, 9.17) is 10.5 Å². The van der Waals surface area contributed by atoms with E-state index in [0.717, 1.165) is 33.6 Å². The third-order valence-corrected chi connectivity index (χ3v) is 5.52. The number of nitrogens with one attached hydrogen (secondary N) is 1. The third-order valence-electron chi connectivity index (χ3n) is 5.52. The monoisotopic (exact) mass is 411 g/mol. The summed E-state index contributed by atoms with van der Waals surface area (Å²) in [5.74, 6) is 0.716. The summed E-state index contributed by atoms with van der Waals surface area (Å²) in [4.78, 5) is 14.4. The van der Waals surface area contributed by atoms with Gasteiger partial charge < -0.3 is 20.4 Å². The fourth-order valence-corrected chi connectivity index (χ4v) is 3.94. The van der Waals surface area contributed by atoms with Gasteiger partial charge in [-0.2, -0.15) is 0 Å². The zero-order valence-electron chi connectivity index (χ0n) is 17.5. The summed E-state index contributed by atoms with van der Waals surface area (Å²) in [6, 6.07) is 16.4. The van der Waals surface area contributed by atoms with Crippen LogP contribution in [0, 0.1) is 0 Å². The summed E-state index contributed by atoms with van der Waals surface area (Å²) in [6.07, 6.45) is 8.46. The number of nitrogens with two attached hydrogens (primary N) is 1. The fourth-order valence-electron chi connectivity index (χ4n) is 3.94. The number of fused-ring (bicyclic) bond motifs is 2. The summed E-state index contributed by atoms with van der Waals surface area (Å²) in [5.41, 5.74) is 10.8. The van der Waals surface area contributed by atoms with E-state index in [1.54, 1.807) is 6.20 Å².